The van der Waals surface area contributed by atoms with E-state index in [0.29, 0.717) is 27.5 Å². The Morgan fingerprint density at radius 2 is 1.54 bits per heavy atom. The van der Waals surface area contributed by atoms with Crippen LogP contribution in [0.4, 0.5) is 11.4 Å². The van der Waals surface area contributed by atoms with Crippen molar-refractivity contribution in [2.75, 3.05) is 5.32 Å². The molecule has 0 spiro atoms. The lowest BCUT2D eigenvalue weighted by Gasteiger charge is -2.11. The van der Waals surface area contributed by atoms with Crippen molar-refractivity contribution in [3.63, 3.8) is 0 Å². The number of anilines is 2. The molecule has 0 heterocycles. The van der Waals surface area contributed by atoms with Gasteiger partial charge in [-0.2, -0.15) is 0 Å². The minimum Gasteiger partial charge on any atom is -0.478 e. The summed E-state index contributed by atoms with van der Waals surface area (Å²) < 4.78 is 0. The van der Waals surface area contributed by atoms with E-state index in [0.717, 1.165) is 5.56 Å². The lowest BCUT2D eigenvalue weighted by atomic mass is 9.99. The first-order chi connectivity index (χ1) is 12.5. The molecule has 0 fully saturated rings. The molecule has 0 aliphatic carbocycles. The highest BCUT2D eigenvalue weighted by Gasteiger charge is 2.14. The summed E-state index contributed by atoms with van der Waals surface area (Å²) in [6, 6.07) is 18.8. The van der Waals surface area contributed by atoms with Gasteiger partial charge in [-0.15, -0.1) is 0 Å². The average molecular weight is 366 g/mol. The number of carboxylic acid groups (broad SMARTS) is 1. The number of carboxylic acids is 1. The third-order valence-electron chi connectivity index (χ3n) is 4.10. The third kappa shape index (κ3) is 3.60. The van der Waals surface area contributed by atoms with Crippen LogP contribution in [0.1, 0.15) is 31.8 Å². The highest BCUT2D eigenvalue weighted by atomic mass is 35.5. The number of rotatable bonds is 5. The molecule has 0 aliphatic heterocycles. The number of nitrogens with one attached hydrogen (secondary N) is 1. The van der Waals surface area contributed by atoms with Gasteiger partial charge in [0.15, 0.2) is 5.78 Å². The van der Waals surface area contributed by atoms with Gasteiger partial charge in [-0.1, -0.05) is 35.9 Å². The zero-order valence-electron chi connectivity index (χ0n) is 14.0. The second-order valence-electron chi connectivity index (χ2n) is 5.79. The summed E-state index contributed by atoms with van der Waals surface area (Å²) in [5, 5.41) is 12.9. The second-order valence-corrected chi connectivity index (χ2v) is 6.20. The maximum Gasteiger partial charge on any atom is 0.337 e. The molecule has 2 N–H and O–H groups in total. The van der Waals surface area contributed by atoms with Crippen LogP contribution in [0.2, 0.25) is 5.02 Å². The van der Waals surface area contributed by atoms with Crippen LogP contribution >= 0.6 is 11.6 Å². The number of para-hydroxylation sites is 1. The topological polar surface area (TPSA) is 66.4 Å². The van der Waals surface area contributed by atoms with Gasteiger partial charge in [-0.05, 0) is 55.0 Å². The monoisotopic (exact) mass is 365 g/mol. The molecule has 0 saturated carbocycles. The maximum absolute atomic E-state index is 12.7. The molecule has 0 aliphatic rings. The van der Waals surface area contributed by atoms with E-state index in [1.165, 1.54) is 6.07 Å². The van der Waals surface area contributed by atoms with Crippen LogP contribution in [-0.2, 0) is 0 Å². The highest BCUT2D eigenvalue weighted by molar-refractivity contribution is 6.32. The molecule has 0 atom stereocenters. The fourth-order valence-corrected chi connectivity index (χ4v) is 2.82. The number of aromatic carboxylic acids is 1. The van der Waals surface area contributed by atoms with Crippen LogP contribution in [0, 0.1) is 6.92 Å². The number of benzene rings is 3. The number of halogens is 1. The maximum atomic E-state index is 12.7. The summed E-state index contributed by atoms with van der Waals surface area (Å²) in [7, 11) is 0. The molecule has 5 heteroatoms. The number of ketones is 1. The summed E-state index contributed by atoms with van der Waals surface area (Å²) >= 11 is 6.09. The van der Waals surface area contributed by atoms with E-state index in [1.54, 1.807) is 60.7 Å². The van der Waals surface area contributed by atoms with Crippen LogP contribution in [0.15, 0.2) is 66.7 Å². The third-order valence-corrected chi connectivity index (χ3v) is 4.51. The van der Waals surface area contributed by atoms with Crippen molar-refractivity contribution in [2.24, 2.45) is 0 Å². The van der Waals surface area contributed by atoms with E-state index in [1.807, 2.05) is 6.92 Å². The molecule has 26 heavy (non-hydrogen) atoms. The predicted octanol–water partition coefficient (Wildman–Crippen LogP) is 5.32. The predicted molar refractivity (Wildman–Crippen MR) is 103 cm³/mol. The number of hydrogen-bond donors (Lipinski definition) is 2. The first-order valence-electron chi connectivity index (χ1n) is 7.96. The first kappa shape index (κ1) is 17.7. The van der Waals surface area contributed by atoms with Gasteiger partial charge < -0.3 is 10.4 Å². The molecule has 3 rings (SSSR count). The molecule has 0 saturated heterocycles. The van der Waals surface area contributed by atoms with Crippen molar-refractivity contribution >= 4 is 34.7 Å². The smallest absolute Gasteiger partial charge is 0.337 e. The van der Waals surface area contributed by atoms with Crippen molar-refractivity contribution < 1.29 is 14.7 Å². The number of hydrogen-bond acceptors (Lipinski definition) is 3. The Kier molecular flexibility index (Phi) is 5.05. The largest absolute Gasteiger partial charge is 0.478 e. The zero-order valence-corrected chi connectivity index (χ0v) is 14.7. The lowest BCUT2D eigenvalue weighted by Crippen LogP contribution is -2.05. The van der Waals surface area contributed by atoms with Gasteiger partial charge in [0.05, 0.1) is 11.3 Å². The van der Waals surface area contributed by atoms with Gasteiger partial charge in [0, 0.05) is 21.8 Å². The molecule has 0 radical (unpaired) electrons. The Labute approximate surface area is 156 Å². The first-order valence-corrected chi connectivity index (χ1v) is 8.34. The fourth-order valence-electron chi connectivity index (χ4n) is 2.65. The van der Waals surface area contributed by atoms with Gasteiger partial charge >= 0.3 is 5.97 Å². The number of carbonyl (C=O) groups excluding carboxylic acids is 1. The molecule has 0 unspecified atom stereocenters. The Bertz CT molecular complexity index is 981. The van der Waals surface area contributed by atoms with Crippen molar-refractivity contribution in [1.82, 2.24) is 0 Å². The summed E-state index contributed by atoms with van der Waals surface area (Å²) in [6.07, 6.45) is 0. The molecule has 3 aromatic rings. The number of carbonyl (C=O) groups is 2. The summed E-state index contributed by atoms with van der Waals surface area (Å²) in [4.78, 5) is 24.0. The molecule has 0 aromatic heterocycles. The summed E-state index contributed by atoms with van der Waals surface area (Å²) in [5.74, 6) is -1.11. The molecule has 3 aromatic carbocycles. The van der Waals surface area contributed by atoms with Gasteiger partial charge in [-0.25, -0.2) is 4.79 Å². The highest BCUT2D eigenvalue weighted by Crippen LogP contribution is 2.24. The van der Waals surface area contributed by atoms with Gasteiger partial charge in [0.1, 0.15) is 0 Å². The molecular weight excluding hydrogens is 350 g/mol. The fraction of sp³-hybridized carbons (Fsp3) is 0.0476. The Morgan fingerprint density at radius 1 is 0.885 bits per heavy atom. The van der Waals surface area contributed by atoms with Crippen molar-refractivity contribution in [3.05, 3.63) is 94.0 Å². The van der Waals surface area contributed by atoms with Crippen molar-refractivity contribution in [1.29, 1.82) is 0 Å². The van der Waals surface area contributed by atoms with E-state index in [-0.39, 0.29) is 11.3 Å². The Balaban J connectivity index is 1.84. The zero-order chi connectivity index (χ0) is 18.7. The van der Waals surface area contributed by atoms with Crippen molar-refractivity contribution in [2.45, 2.75) is 6.92 Å². The van der Waals surface area contributed by atoms with E-state index in [4.69, 9.17) is 11.6 Å². The molecule has 130 valence electrons. The van der Waals surface area contributed by atoms with Crippen LogP contribution in [0.5, 0.6) is 0 Å². The molecule has 4 nitrogen and oxygen atoms in total. The van der Waals surface area contributed by atoms with Crippen LogP contribution < -0.4 is 5.32 Å². The van der Waals surface area contributed by atoms with E-state index in [9.17, 15) is 14.7 Å². The Morgan fingerprint density at radius 3 is 2.23 bits per heavy atom. The summed E-state index contributed by atoms with van der Waals surface area (Å²) in [6.45, 7) is 1.81. The Hall–Kier alpha value is -3.11. The van der Waals surface area contributed by atoms with Gasteiger partial charge in [0.2, 0.25) is 0 Å². The minimum absolute atomic E-state index is 0.109. The molecule has 0 bridgehead atoms. The molecular formula is C21H16ClNO3. The minimum atomic E-state index is -1.00. The quantitative estimate of drug-likeness (QED) is 0.600. The van der Waals surface area contributed by atoms with E-state index < -0.39 is 5.97 Å². The van der Waals surface area contributed by atoms with Crippen LogP contribution in [0.25, 0.3) is 0 Å². The van der Waals surface area contributed by atoms with Gasteiger partial charge in [0.25, 0.3) is 0 Å². The standard InChI is InChI=1S/C21H16ClNO3/c1-13-16(6-4-7-18(13)22)20(24)14-9-11-15(12-10-14)23-19-8-3-2-5-17(19)21(25)26/h2-12,23H,1H3,(H,25,26). The van der Waals surface area contributed by atoms with Crippen LogP contribution in [0.3, 0.4) is 0 Å². The second kappa shape index (κ2) is 7.42. The normalized spacial score (nSPS) is 10.4. The van der Waals surface area contributed by atoms with E-state index in [2.05, 4.69) is 5.32 Å². The SMILES string of the molecule is Cc1c(Cl)cccc1C(=O)c1ccc(Nc2ccccc2C(=O)O)cc1. The van der Waals surface area contributed by atoms with Crippen molar-refractivity contribution in [3.8, 4) is 0 Å². The van der Waals surface area contributed by atoms with E-state index >= 15 is 0 Å². The average Bonchev–Trinajstić information content (AvgIpc) is 2.64. The van der Waals surface area contributed by atoms with Crippen LogP contribution in [-0.4, -0.2) is 16.9 Å². The van der Waals surface area contributed by atoms with Gasteiger partial charge in [-0.3, -0.25) is 4.79 Å². The summed E-state index contributed by atoms with van der Waals surface area (Å²) in [5.41, 5.74) is 3.21. The molecule has 0 amide bonds. The lowest BCUT2D eigenvalue weighted by molar-refractivity contribution is 0.0697.